The number of hydrogen-bond donors (Lipinski definition) is 3. The van der Waals surface area contributed by atoms with Crippen LogP contribution in [0.3, 0.4) is 0 Å². The summed E-state index contributed by atoms with van der Waals surface area (Å²) in [7, 11) is 0. The monoisotopic (exact) mass is 531 g/mol. The Balaban J connectivity index is 1.67. The van der Waals surface area contributed by atoms with Crippen molar-refractivity contribution >= 4 is 63.9 Å². The minimum atomic E-state index is -1.61. The van der Waals surface area contributed by atoms with Crippen molar-refractivity contribution in [2.75, 3.05) is 10.2 Å². The average Bonchev–Trinajstić information content (AvgIpc) is 3.40. The van der Waals surface area contributed by atoms with E-state index >= 15 is 0 Å². The molecule has 5 rings (SSSR count). The molecule has 36 heavy (non-hydrogen) atoms. The first kappa shape index (κ1) is 24.2. The van der Waals surface area contributed by atoms with Crippen molar-refractivity contribution in [1.29, 1.82) is 0 Å². The van der Waals surface area contributed by atoms with Gasteiger partial charge in [-0.3, -0.25) is 34.6 Å². The van der Waals surface area contributed by atoms with Gasteiger partial charge in [-0.15, -0.1) is 0 Å². The lowest BCUT2D eigenvalue weighted by Gasteiger charge is -2.29. The summed E-state index contributed by atoms with van der Waals surface area (Å²) < 4.78 is 0. The number of hydrogen-bond acceptors (Lipinski definition) is 7. The number of amides is 4. The highest BCUT2D eigenvalue weighted by molar-refractivity contribution is 6.33. The van der Waals surface area contributed by atoms with Gasteiger partial charge < -0.3 is 11.1 Å². The van der Waals surface area contributed by atoms with Crippen molar-refractivity contribution in [1.82, 2.24) is 5.32 Å². The molecule has 13 heteroatoms. The molecule has 4 N–H and O–H groups in total. The van der Waals surface area contributed by atoms with Gasteiger partial charge in [0.05, 0.1) is 28.1 Å². The first-order valence-corrected chi connectivity index (χ1v) is 11.7. The smallest absolute Gasteiger partial charge is 0.289 e. The van der Waals surface area contributed by atoms with Gasteiger partial charge in [0.25, 0.3) is 5.69 Å². The molecular weight excluding hydrogens is 513 g/mol. The fourth-order valence-electron chi connectivity index (χ4n) is 5.57. The maximum Gasteiger partial charge on any atom is 0.289 e. The third-order valence-electron chi connectivity index (χ3n) is 7.17. The highest BCUT2D eigenvalue weighted by atomic mass is 35.5. The van der Waals surface area contributed by atoms with Gasteiger partial charge in [-0.1, -0.05) is 29.3 Å². The lowest BCUT2D eigenvalue weighted by Crippen LogP contribution is -2.53. The van der Waals surface area contributed by atoms with Crippen LogP contribution in [0, 0.1) is 28.9 Å². The molecule has 0 aromatic heterocycles. The van der Waals surface area contributed by atoms with Gasteiger partial charge in [-0.05, 0) is 37.1 Å². The van der Waals surface area contributed by atoms with E-state index in [-0.39, 0.29) is 23.6 Å². The highest BCUT2D eigenvalue weighted by Gasteiger charge is 2.70. The minimum absolute atomic E-state index is 0.0368. The molecule has 4 amide bonds. The van der Waals surface area contributed by atoms with Crippen LogP contribution >= 0.6 is 23.2 Å². The Labute approximate surface area is 214 Å². The highest BCUT2D eigenvalue weighted by Crippen LogP contribution is 2.55. The Hall–Kier alpha value is -3.54. The zero-order valence-corrected chi connectivity index (χ0v) is 20.2. The van der Waals surface area contributed by atoms with Crippen LogP contribution in [-0.2, 0) is 24.7 Å². The molecule has 2 saturated heterocycles. The summed E-state index contributed by atoms with van der Waals surface area (Å²) in [6.45, 7) is 1.72. The van der Waals surface area contributed by atoms with Crippen LogP contribution in [0.15, 0.2) is 30.3 Å². The summed E-state index contributed by atoms with van der Waals surface area (Å²) in [4.78, 5) is 64.2. The summed E-state index contributed by atoms with van der Waals surface area (Å²) in [5, 5.41) is 17.6. The number of rotatable bonds is 5. The van der Waals surface area contributed by atoms with Crippen molar-refractivity contribution in [3.8, 4) is 0 Å². The van der Waals surface area contributed by atoms with E-state index in [0.29, 0.717) is 21.8 Å². The summed E-state index contributed by atoms with van der Waals surface area (Å²) in [5.74, 6) is -4.70. The lowest BCUT2D eigenvalue weighted by molar-refractivity contribution is -0.384. The number of nitro groups is 1. The number of primary amides is 1. The maximum absolute atomic E-state index is 13.9. The number of imide groups is 1. The Morgan fingerprint density at radius 3 is 2.53 bits per heavy atom. The molecular formula is C23H19Cl2N5O6. The number of nitrogens with one attached hydrogen (secondary N) is 2. The van der Waals surface area contributed by atoms with Gasteiger partial charge in [0.1, 0.15) is 10.6 Å². The summed E-state index contributed by atoms with van der Waals surface area (Å²) in [5.41, 5.74) is 4.70. The molecule has 0 saturated carbocycles. The van der Waals surface area contributed by atoms with Crippen molar-refractivity contribution in [2.24, 2.45) is 17.6 Å². The number of nitro benzene ring substituents is 1. The first-order chi connectivity index (χ1) is 17.0. The molecule has 186 valence electrons. The van der Waals surface area contributed by atoms with E-state index in [1.807, 2.05) is 0 Å². The number of carbonyl (C=O) groups is 4. The van der Waals surface area contributed by atoms with Crippen LogP contribution in [0.1, 0.15) is 24.0 Å². The van der Waals surface area contributed by atoms with E-state index in [1.54, 1.807) is 19.1 Å². The number of nitrogens with two attached hydrogens (primary N) is 1. The molecule has 2 aromatic rings. The molecule has 0 bridgehead atoms. The number of anilines is 2. The second kappa shape index (κ2) is 8.26. The SMILES string of the molecule is Cc1c(Cl)ccc2c1NC(=O)[C@@]21N[C@H](CCC(N)=O)[C@H]2C(=O)N(c3ccc(Cl)c([N+](=O)[O-])c3)C(=O)[C@H]21. The fourth-order valence-corrected chi connectivity index (χ4v) is 5.91. The van der Waals surface area contributed by atoms with E-state index in [1.165, 1.54) is 12.1 Å². The normalized spacial score (nSPS) is 26.4. The number of halogens is 2. The largest absolute Gasteiger partial charge is 0.370 e. The van der Waals surface area contributed by atoms with E-state index in [4.69, 9.17) is 28.9 Å². The van der Waals surface area contributed by atoms with Gasteiger partial charge in [0.2, 0.25) is 23.6 Å². The fraction of sp³-hybridized carbons (Fsp3) is 0.304. The van der Waals surface area contributed by atoms with Gasteiger partial charge in [-0.2, -0.15) is 0 Å². The Bertz CT molecular complexity index is 1400. The molecule has 3 aliphatic rings. The third-order valence-corrected chi connectivity index (χ3v) is 7.90. The molecule has 0 aliphatic carbocycles. The maximum atomic E-state index is 13.9. The Kier molecular flexibility index (Phi) is 5.54. The second-order valence-electron chi connectivity index (χ2n) is 9.02. The molecule has 3 heterocycles. The third kappa shape index (κ3) is 3.23. The van der Waals surface area contributed by atoms with Gasteiger partial charge in [0, 0.05) is 29.1 Å². The summed E-state index contributed by atoms with van der Waals surface area (Å²) in [6, 6.07) is 6.08. The zero-order chi connectivity index (χ0) is 26.1. The number of benzene rings is 2. The standard InChI is InChI=1S/C23H19Cl2N5O6/c1-9-12(24)5-3-11-19(9)27-22(34)23(11)18-17(14(28-23)6-7-16(26)31)20(32)29(21(18)33)10-2-4-13(25)15(8-10)30(35)36/h2-5,8,14,17-18,28H,6-7H2,1H3,(H2,26,31)(H,27,34)/t14-,17-,18+,23-/m1/s1. The van der Waals surface area contributed by atoms with E-state index in [0.717, 1.165) is 11.0 Å². The topological polar surface area (TPSA) is 165 Å². The minimum Gasteiger partial charge on any atom is -0.370 e. The van der Waals surface area contributed by atoms with Crippen molar-refractivity contribution in [3.05, 3.63) is 61.6 Å². The van der Waals surface area contributed by atoms with Crippen LogP contribution in [0.25, 0.3) is 0 Å². The zero-order valence-electron chi connectivity index (χ0n) is 18.7. The molecule has 4 atom stereocenters. The van der Waals surface area contributed by atoms with Crippen molar-refractivity contribution < 1.29 is 24.1 Å². The first-order valence-electron chi connectivity index (χ1n) is 11.0. The number of carbonyl (C=O) groups excluding carboxylic acids is 4. The molecule has 1 spiro atoms. The van der Waals surface area contributed by atoms with E-state index in [9.17, 15) is 29.3 Å². The quantitative estimate of drug-likeness (QED) is 0.302. The molecule has 0 radical (unpaired) electrons. The van der Waals surface area contributed by atoms with Crippen LogP contribution in [0.2, 0.25) is 10.0 Å². The van der Waals surface area contributed by atoms with Gasteiger partial charge in [-0.25, -0.2) is 4.90 Å². The second-order valence-corrected chi connectivity index (χ2v) is 9.84. The number of nitrogens with zero attached hydrogens (tertiary/aromatic N) is 2. The average molecular weight is 532 g/mol. The van der Waals surface area contributed by atoms with Crippen LogP contribution in [0.5, 0.6) is 0 Å². The lowest BCUT2D eigenvalue weighted by atomic mass is 9.76. The van der Waals surface area contributed by atoms with Crippen LogP contribution in [0.4, 0.5) is 17.1 Å². The van der Waals surface area contributed by atoms with Gasteiger partial charge >= 0.3 is 0 Å². The Morgan fingerprint density at radius 2 is 1.86 bits per heavy atom. The molecule has 2 aromatic carbocycles. The van der Waals surface area contributed by atoms with Crippen molar-refractivity contribution in [3.63, 3.8) is 0 Å². The molecule has 0 unspecified atom stereocenters. The van der Waals surface area contributed by atoms with E-state index < -0.39 is 57.7 Å². The van der Waals surface area contributed by atoms with E-state index in [2.05, 4.69) is 10.6 Å². The predicted molar refractivity (Wildman–Crippen MR) is 129 cm³/mol. The Morgan fingerprint density at radius 1 is 1.17 bits per heavy atom. The summed E-state index contributed by atoms with van der Waals surface area (Å²) in [6.07, 6.45) is 0.0139. The van der Waals surface area contributed by atoms with Crippen LogP contribution < -0.4 is 21.3 Å². The summed E-state index contributed by atoms with van der Waals surface area (Å²) >= 11 is 12.2. The van der Waals surface area contributed by atoms with Gasteiger partial charge in [0.15, 0.2) is 0 Å². The predicted octanol–water partition coefficient (Wildman–Crippen LogP) is 2.40. The van der Waals surface area contributed by atoms with Crippen LogP contribution in [-0.4, -0.2) is 34.6 Å². The van der Waals surface area contributed by atoms with Crippen molar-refractivity contribution in [2.45, 2.75) is 31.3 Å². The molecule has 11 nitrogen and oxygen atoms in total. The molecule has 2 fully saturated rings. The molecule has 3 aliphatic heterocycles. The number of fused-ring (bicyclic) bond motifs is 4.